The Morgan fingerprint density at radius 2 is 0.889 bits per heavy atom. The van der Waals surface area contributed by atoms with Gasteiger partial charge in [-0.2, -0.15) is 10.2 Å². The first-order valence-corrected chi connectivity index (χ1v) is 16.9. The van der Waals surface area contributed by atoms with Gasteiger partial charge in [-0.3, -0.25) is 9.59 Å². The predicted octanol–water partition coefficient (Wildman–Crippen LogP) is 6.10. The molecule has 2 amide bonds. The van der Waals surface area contributed by atoms with Crippen molar-refractivity contribution < 1.29 is 47.6 Å². The molecule has 0 atom stereocenters. The van der Waals surface area contributed by atoms with E-state index < -0.39 is 11.9 Å². The van der Waals surface area contributed by atoms with E-state index in [1.54, 1.807) is 99.1 Å². The van der Waals surface area contributed by atoms with Gasteiger partial charge in [-0.15, -0.1) is 0 Å². The average Bonchev–Trinajstić information content (AvgIpc) is 3.20. The van der Waals surface area contributed by atoms with Crippen LogP contribution in [0.3, 0.4) is 0 Å². The largest absolute Gasteiger partial charge is 0.497 e. The van der Waals surface area contributed by atoms with E-state index in [-0.39, 0.29) is 36.2 Å². The number of esters is 2. The molecular weight excluding hydrogens is 696 g/mol. The number of nitrogens with zero attached hydrogens (tertiary/aromatic N) is 2. The Bertz CT molecular complexity index is 1800. The van der Waals surface area contributed by atoms with E-state index in [4.69, 9.17) is 28.4 Å². The first kappa shape index (κ1) is 40.1. The highest BCUT2D eigenvalue weighted by Crippen LogP contribution is 2.30. The average molecular weight is 739 g/mol. The third kappa shape index (κ3) is 12.5. The van der Waals surface area contributed by atoms with E-state index in [1.165, 1.54) is 26.6 Å². The van der Waals surface area contributed by atoms with Crippen molar-refractivity contribution >= 4 is 36.2 Å². The van der Waals surface area contributed by atoms with E-state index >= 15 is 0 Å². The van der Waals surface area contributed by atoms with Gasteiger partial charge >= 0.3 is 11.9 Å². The summed E-state index contributed by atoms with van der Waals surface area (Å²) in [7, 11) is 5.99. The van der Waals surface area contributed by atoms with Crippen LogP contribution in [0.2, 0.25) is 0 Å². The Labute approximate surface area is 313 Å². The minimum Gasteiger partial charge on any atom is -0.497 e. The molecule has 0 heterocycles. The van der Waals surface area contributed by atoms with Crippen LogP contribution in [0.4, 0.5) is 0 Å². The van der Waals surface area contributed by atoms with Crippen LogP contribution in [-0.2, 0) is 9.59 Å². The number of unbranched alkanes of at least 4 members (excludes halogenated alkanes) is 3. The van der Waals surface area contributed by atoms with Crippen LogP contribution < -0.4 is 39.3 Å². The molecule has 4 rings (SSSR count). The number of amides is 2. The second-order valence-corrected chi connectivity index (χ2v) is 11.6. The summed E-state index contributed by atoms with van der Waals surface area (Å²) in [5, 5.41) is 8.01. The van der Waals surface area contributed by atoms with Crippen LogP contribution in [0.25, 0.3) is 0 Å². The molecule has 0 unspecified atom stereocenters. The smallest absolute Gasteiger partial charge is 0.343 e. The number of hydrogen-bond acceptors (Lipinski definition) is 12. The lowest BCUT2D eigenvalue weighted by atomic mass is 10.1. The number of rotatable bonds is 19. The normalized spacial score (nSPS) is 10.8. The van der Waals surface area contributed by atoms with Crippen LogP contribution in [0, 0.1) is 0 Å². The summed E-state index contributed by atoms with van der Waals surface area (Å²) in [6, 6.07) is 22.9. The van der Waals surface area contributed by atoms with Gasteiger partial charge in [-0.25, -0.2) is 20.4 Å². The standard InChI is InChI=1S/C40H42N4O10/c1-49-31-17-13-29(14-18-31)39(47)53-33-21-11-27(23-35(33)51-3)25-41-43-37(45)9-7-5-6-8-10-38(46)44-42-26-28-12-22-34(36(24-28)52-4)54-40(48)30-15-19-32(50-2)20-16-30/h11-26H,5-10H2,1-4H3,(H,43,45)(H,44,46)/b41-25+,42-26+. The molecule has 0 saturated carbocycles. The molecule has 54 heavy (non-hydrogen) atoms. The van der Waals surface area contributed by atoms with Crippen molar-refractivity contribution in [1.29, 1.82) is 0 Å². The number of hydrogen-bond donors (Lipinski definition) is 2. The molecule has 4 aromatic rings. The van der Waals surface area contributed by atoms with Crippen molar-refractivity contribution in [1.82, 2.24) is 10.9 Å². The second-order valence-electron chi connectivity index (χ2n) is 11.6. The number of benzene rings is 4. The van der Waals surface area contributed by atoms with Crippen molar-refractivity contribution in [2.75, 3.05) is 28.4 Å². The molecule has 0 radical (unpaired) electrons. The maximum Gasteiger partial charge on any atom is 0.343 e. The lowest BCUT2D eigenvalue weighted by molar-refractivity contribution is -0.122. The molecule has 282 valence electrons. The number of carbonyl (C=O) groups is 4. The van der Waals surface area contributed by atoms with Crippen molar-refractivity contribution in [2.24, 2.45) is 10.2 Å². The zero-order chi connectivity index (χ0) is 38.7. The molecule has 14 nitrogen and oxygen atoms in total. The molecule has 14 heteroatoms. The van der Waals surface area contributed by atoms with E-state index in [9.17, 15) is 19.2 Å². The van der Waals surface area contributed by atoms with Crippen LogP contribution in [0.15, 0.2) is 95.1 Å². The number of ether oxygens (including phenoxy) is 6. The van der Waals surface area contributed by atoms with Gasteiger partial charge in [-0.1, -0.05) is 12.8 Å². The summed E-state index contributed by atoms with van der Waals surface area (Å²) in [4.78, 5) is 49.5. The minimum absolute atomic E-state index is 0.237. The molecule has 0 aliphatic heterocycles. The highest BCUT2D eigenvalue weighted by molar-refractivity contribution is 5.92. The quantitative estimate of drug-likeness (QED) is 0.0376. The van der Waals surface area contributed by atoms with Crippen LogP contribution in [0.1, 0.15) is 70.4 Å². The van der Waals surface area contributed by atoms with Gasteiger partial charge in [0.2, 0.25) is 11.8 Å². The summed E-state index contributed by atoms with van der Waals surface area (Å²) < 4.78 is 31.9. The van der Waals surface area contributed by atoms with E-state index in [1.807, 2.05) is 0 Å². The predicted molar refractivity (Wildman–Crippen MR) is 201 cm³/mol. The highest BCUT2D eigenvalue weighted by atomic mass is 16.6. The topological polar surface area (TPSA) is 172 Å². The van der Waals surface area contributed by atoms with Gasteiger partial charge in [0.25, 0.3) is 0 Å². The van der Waals surface area contributed by atoms with Crippen molar-refractivity contribution in [2.45, 2.75) is 38.5 Å². The van der Waals surface area contributed by atoms with Crippen LogP contribution in [0.5, 0.6) is 34.5 Å². The Morgan fingerprint density at radius 1 is 0.500 bits per heavy atom. The second kappa shape index (κ2) is 21.0. The Morgan fingerprint density at radius 3 is 1.24 bits per heavy atom. The zero-order valence-electron chi connectivity index (χ0n) is 30.5. The summed E-state index contributed by atoms with van der Waals surface area (Å²) in [5.41, 5.74) is 6.97. The maximum atomic E-state index is 12.5. The van der Waals surface area contributed by atoms with E-state index in [0.29, 0.717) is 58.1 Å². The third-order valence-corrected chi connectivity index (χ3v) is 7.80. The molecule has 0 aliphatic carbocycles. The lowest BCUT2D eigenvalue weighted by Gasteiger charge is -2.10. The Hall–Kier alpha value is -6.70. The SMILES string of the molecule is COc1ccc(C(=O)Oc2ccc(/C=N/NC(=O)CCCCCCC(=O)N/N=C/c3ccc(OC(=O)c4ccc(OC)cc4)c(OC)c3)cc2OC)cc1. The zero-order valence-corrected chi connectivity index (χ0v) is 30.5. The van der Waals surface area contributed by atoms with Gasteiger partial charge in [0.1, 0.15) is 11.5 Å². The third-order valence-electron chi connectivity index (χ3n) is 7.80. The fraction of sp³-hybridized carbons (Fsp3) is 0.250. The summed E-state index contributed by atoms with van der Waals surface area (Å²) in [6.45, 7) is 0. The Kier molecular flexibility index (Phi) is 15.6. The van der Waals surface area contributed by atoms with Crippen molar-refractivity contribution in [3.63, 3.8) is 0 Å². The van der Waals surface area contributed by atoms with Crippen LogP contribution in [-0.4, -0.2) is 64.6 Å². The monoisotopic (exact) mass is 738 g/mol. The van der Waals surface area contributed by atoms with Gasteiger partial charge in [-0.05, 0) is 109 Å². The van der Waals surface area contributed by atoms with E-state index in [2.05, 4.69) is 21.1 Å². The van der Waals surface area contributed by atoms with Crippen LogP contribution >= 0.6 is 0 Å². The molecule has 0 aromatic heterocycles. The number of nitrogens with one attached hydrogen (secondary N) is 2. The molecule has 0 spiro atoms. The number of methoxy groups -OCH3 is 4. The fourth-order valence-electron chi connectivity index (χ4n) is 4.86. The molecule has 2 N–H and O–H groups in total. The number of hydrazone groups is 2. The minimum atomic E-state index is -0.548. The van der Waals surface area contributed by atoms with Crippen molar-refractivity contribution in [3.05, 3.63) is 107 Å². The lowest BCUT2D eigenvalue weighted by Crippen LogP contribution is -2.17. The molecule has 0 saturated heterocycles. The van der Waals surface area contributed by atoms with E-state index in [0.717, 1.165) is 12.8 Å². The fourth-order valence-corrected chi connectivity index (χ4v) is 4.86. The number of carbonyl (C=O) groups excluding carboxylic acids is 4. The molecular formula is C40H42N4O10. The molecule has 4 aromatic carbocycles. The van der Waals surface area contributed by atoms with Gasteiger partial charge in [0.05, 0.1) is 52.0 Å². The maximum absolute atomic E-state index is 12.5. The molecule has 0 bridgehead atoms. The Balaban J connectivity index is 1.10. The molecule has 0 fully saturated rings. The highest BCUT2D eigenvalue weighted by Gasteiger charge is 2.15. The van der Waals surface area contributed by atoms with Gasteiger partial charge in [0, 0.05) is 12.8 Å². The summed E-state index contributed by atoms with van der Waals surface area (Å²) in [5.74, 6) is 0.795. The first-order chi connectivity index (χ1) is 26.2. The van der Waals surface area contributed by atoms with Gasteiger partial charge in [0.15, 0.2) is 23.0 Å². The first-order valence-electron chi connectivity index (χ1n) is 16.9. The molecule has 0 aliphatic rings. The van der Waals surface area contributed by atoms with Gasteiger partial charge < -0.3 is 28.4 Å². The summed E-state index contributed by atoms with van der Waals surface area (Å²) in [6.07, 6.45) is 6.27. The summed E-state index contributed by atoms with van der Waals surface area (Å²) >= 11 is 0. The van der Waals surface area contributed by atoms with Crippen molar-refractivity contribution in [3.8, 4) is 34.5 Å².